The van der Waals surface area contributed by atoms with E-state index >= 15 is 0 Å². The van der Waals surface area contributed by atoms with Crippen molar-refractivity contribution < 1.29 is 0 Å². The SMILES string of the molecule is C1=c2ccc(s2)=C/C=c2\cc/c(s2)=C\C=c2/cc/c(s2)=C\C=c2/ccc(s2)=C1. The molecule has 28 heavy (non-hydrogen) atoms. The zero-order chi connectivity index (χ0) is 18.8. The second-order valence-electron chi connectivity index (χ2n) is 6.29. The van der Waals surface area contributed by atoms with Gasteiger partial charge in [0.1, 0.15) is 0 Å². The second kappa shape index (κ2) is 8.02. The molecule has 0 radical (unpaired) electrons. The lowest BCUT2D eigenvalue weighted by molar-refractivity contribution is 1.84. The highest BCUT2D eigenvalue weighted by Gasteiger charge is 1.89. The summed E-state index contributed by atoms with van der Waals surface area (Å²) in [5.74, 6) is 0. The first-order chi connectivity index (χ1) is 13.8. The van der Waals surface area contributed by atoms with Crippen LogP contribution in [0.3, 0.4) is 0 Å². The molecule has 4 aromatic rings. The molecule has 0 N–H and O–H groups in total. The third-order valence-electron chi connectivity index (χ3n) is 4.24. The van der Waals surface area contributed by atoms with E-state index in [0.29, 0.717) is 0 Å². The van der Waals surface area contributed by atoms with Crippen LogP contribution < -0.4 is 36.3 Å². The Hall–Kier alpha value is -2.24. The Morgan fingerprint density at radius 2 is 0.393 bits per heavy atom. The quantitative estimate of drug-likeness (QED) is 0.393. The predicted molar refractivity (Wildman–Crippen MR) is 130 cm³/mol. The van der Waals surface area contributed by atoms with Gasteiger partial charge in [-0.05, 0) is 97.1 Å². The van der Waals surface area contributed by atoms with Crippen LogP contribution in [0.4, 0.5) is 0 Å². The molecule has 5 rings (SSSR count). The van der Waals surface area contributed by atoms with E-state index in [1.54, 1.807) is 0 Å². The van der Waals surface area contributed by atoms with Crippen LogP contribution in [0.25, 0.3) is 48.6 Å². The number of hydrogen-bond donors (Lipinski definition) is 0. The molecule has 0 aromatic carbocycles. The lowest BCUT2D eigenvalue weighted by atomic mass is 10.4. The molecular formula is C24H16S4. The van der Waals surface area contributed by atoms with Crippen molar-refractivity contribution in [2.75, 3.05) is 0 Å². The molecule has 0 aliphatic carbocycles. The first-order valence-corrected chi connectivity index (χ1v) is 12.2. The second-order valence-corrected chi connectivity index (χ2v) is 10.9. The maximum absolute atomic E-state index is 2.21. The Morgan fingerprint density at radius 1 is 0.250 bits per heavy atom. The molecule has 1 aliphatic heterocycles. The summed E-state index contributed by atoms with van der Waals surface area (Å²) < 4.78 is 10.2. The molecule has 4 heteroatoms. The van der Waals surface area contributed by atoms with Crippen molar-refractivity contribution in [3.05, 3.63) is 84.8 Å². The van der Waals surface area contributed by atoms with Crippen molar-refractivity contribution in [2.24, 2.45) is 0 Å². The van der Waals surface area contributed by atoms with Crippen molar-refractivity contribution >= 4 is 94.0 Å². The molecule has 0 amide bonds. The van der Waals surface area contributed by atoms with Crippen LogP contribution in [0.2, 0.25) is 0 Å². The van der Waals surface area contributed by atoms with Crippen molar-refractivity contribution in [1.29, 1.82) is 0 Å². The topological polar surface area (TPSA) is 0 Å². The van der Waals surface area contributed by atoms with Gasteiger partial charge < -0.3 is 0 Å². The van der Waals surface area contributed by atoms with Gasteiger partial charge in [-0.25, -0.2) is 0 Å². The molecule has 4 aromatic heterocycles. The molecule has 0 fully saturated rings. The maximum atomic E-state index is 2.21. The van der Waals surface area contributed by atoms with Gasteiger partial charge in [0, 0.05) is 36.3 Å². The lowest BCUT2D eigenvalue weighted by Gasteiger charge is -1.76. The zero-order valence-electron chi connectivity index (χ0n) is 14.9. The molecule has 1 aliphatic rings. The minimum atomic E-state index is 1.28. The van der Waals surface area contributed by atoms with E-state index in [9.17, 15) is 0 Å². The average Bonchev–Trinajstić information content (AvgIpc) is 3.49. The van der Waals surface area contributed by atoms with Crippen molar-refractivity contribution in [3.8, 4) is 0 Å². The Kier molecular flexibility index (Phi) is 5.10. The molecule has 0 unspecified atom stereocenters. The minimum Gasteiger partial charge on any atom is -0.137 e. The van der Waals surface area contributed by atoms with Crippen LogP contribution in [-0.4, -0.2) is 0 Å². The summed E-state index contributed by atoms with van der Waals surface area (Å²) in [5, 5.41) is 0. The Balaban J connectivity index is 1.74. The van der Waals surface area contributed by atoms with E-state index in [1.165, 1.54) is 36.3 Å². The van der Waals surface area contributed by atoms with Crippen LogP contribution in [0, 0.1) is 0 Å². The maximum Gasteiger partial charge on any atom is 0.0277 e. The average molecular weight is 433 g/mol. The molecule has 5 heterocycles. The van der Waals surface area contributed by atoms with Gasteiger partial charge in [0.15, 0.2) is 0 Å². The molecule has 0 saturated carbocycles. The standard InChI is InChI=1S/C24H16S4/c1-2-18-11-12-20-5-6-22(27-20)15-16-24-8-7-23(28-24)14-13-21-4-3-19(26-21)10-9-17(1)25-18/h1-16H/b10-9?,12-11?,14-13?,16-15?,17-9+,18-11+,19-10+,20-12+,21-13+,22-15?,23-14?,24-16?. The van der Waals surface area contributed by atoms with Crippen molar-refractivity contribution in [2.45, 2.75) is 0 Å². The smallest absolute Gasteiger partial charge is 0.0277 e. The summed E-state index contributed by atoms with van der Waals surface area (Å²) in [6, 6.07) is 17.5. The van der Waals surface area contributed by atoms with Gasteiger partial charge in [0.25, 0.3) is 0 Å². The monoisotopic (exact) mass is 432 g/mol. The van der Waals surface area contributed by atoms with Crippen molar-refractivity contribution in [3.63, 3.8) is 0 Å². The van der Waals surface area contributed by atoms with Gasteiger partial charge >= 0.3 is 0 Å². The zero-order valence-corrected chi connectivity index (χ0v) is 18.1. The van der Waals surface area contributed by atoms with Gasteiger partial charge in [-0.2, -0.15) is 0 Å². The Labute approximate surface area is 178 Å². The van der Waals surface area contributed by atoms with Crippen LogP contribution >= 0.6 is 45.3 Å². The number of thiophene rings is 4. The number of rotatable bonds is 0. The molecule has 8 bridgehead atoms. The van der Waals surface area contributed by atoms with E-state index < -0.39 is 0 Å². The summed E-state index contributed by atoms with van der Waals surface area (Å²) in [4.78, 5) is 0. The first kappa shape index (κ1) is 17.8. The molecule has 136 valence electrons. The summed E-state index contributed by atoms with van der Waals surface area (Å²) in [6.07, 6.45) is 17.7. The number of hydrogen-bond acceptors (Lipinski definition) is 4. The summed E-state index contributed by atoms with van der Waals surface area (Å²) in [7, 11) is 0. The first-order valence-electron chi connectivity index (χ1n) is 8.92. The normalized spacial score (nSPS) is 19.2. The summed E-state index contributed by atoms with van der Waals surface area (Å²) >= 11 is 7.27. The van der Waals surface area contributed by atoms with Gasteiger partial charge in [0.2, 0.25) is 0 Å². The highest BCUT2D eigenvalue weighted by molar-refractivity contribution is 7.09. The number of fused-ring (bicyclic) bond motifs is 8. The highest BCUT2D eigenvalue weighted by atomic mass is 32.1. The van der Waals surface area contributed by atoms with Gasteiger partial charge in [-0.3, -0.25) is 0 Å². The molecule has 0 nitrogen and oxygen atoms in total. The van der Waals surface area contributed by atoms with Gasteiger partial charge in [-0.1, -0.05) is 0 Å². The fourth-order valence-corrected chi connectivity index (χ4v) is 6.11. The van der Waals surface area contributed by atoms with E-state index in [1.807, 2.05) is 45.3 Å². The van der Waals surface area contributed by atoms with Crippen molar-refractivity contribution in [1.82, 2.24) is 0 Å². The Bertz CT molecular complexity index is 1250. The van der Waals surface area contributed by atoms with Gasteiger partial charge in [0.05, 0.1) is 0 Å². The van der Waals surface area contributed by atoms with E-state index in [4.69, 9.17) is 0 Å². The lowest BCUT2D eigenvalue weighted by Crippen LogP contribution is -1.97. The third-order valence-corrected chi connectivity index (χ3v) is 8.30. The summed E-state index contributed by atoms with van der Waals surface area (Å²) in [6.45, 7) is 0. The van der Waals surface area contributed by atoms with Crippen LogP contribution in [0.5, 0.6) is 0 Å². The summed E-state index contributed by atoms with van der Waals surface area (Å²) in [5.41, 5.74) is 0. The van der Waals surface area contributed by atoms with E-state index in [0.717, 1.165) is 0 Å². The molecule has 0 saturated heterocycles. The Morgan fingerprint density at radius 3 is 0.536 bits per heavy atom. The van der Waals surface area contributed by atoms with Gasteiger partial charge in [-0.15, -0.1) is 45.3 Å². The largest absolute Gasteiger partial charge is 0.137 e. The van der Waals surface area contributed by atoms with E-state index in [2.05, 4.69) is 97.1 Å². The fourth-order valence-electron chi connectivity index (χ4n) is 2.85. The van der Waals surface area contributed by atoms with Crippen LogP contribution in [-0.2, 0) is 0 Å². The van der Waals surface area contributed by atoms with E-state index in [-0.39, 0.29) is 0 Å². The van der Waals surface area contributed by atoms with Crippen LogP contribution in [0.1, 0.15) is 0 Å². The molecule has 0 spiro atoms. The fraction of sp³-hybridized carbons (Fsp3) is 0. The van der Waals surface area contributed by atoms with Crippen LogP contribution in [0.15, 0.2) is 48.5 Å². The predicted octanol–water partition coefficient (Wildman–Crippen LogP) is 1.29. The molecular weight excluding hydrogens is 417 g/mol. The molecule has 0 atom stereocenters. The third kappa shape index (κ3) is 4.26. The highest BCUT2D eigenvalue weighted by Crippen LogP contribution is 1.88. The minimum absolute atomic E-state index is 1.28.